The lowest BCUT2D eigenvalue weighted by molar-refractivity contribution is -0.162. The van der Waals surface area contributed by atoms with E-state index in [1.165, 1.54) is 0 Å². The quantitative estimate of drug-likeness (QED) is 0.478. The zero-order valence-electron chi connectivity index (χ0n) is 6.95. The van der Waals surface area contributed by atoms with Gasteiger partial charge in [0, 0.05) is 12.0 Å². The molecule has 0 aromatic rings. The topological polar surface area (TPSA) is 55.8 Å². The first kappa shape index (κ1) is 9.22. The molecule has 1 fully saturated rings. The fourth-order valence-electron chi connectivity index (χ4n) is 0.910. The van der Waals surface area contributed by atoms with Crippen molar-refractivity contribution in [3.05, 3.63) is 12.2 Å². The first-order chi connectivity index (χ1) is 5.61. The van der Waals surface area contributed by atoms with E-state index in [0.717, 1.165) is 0 Å². The SMILES string of the molecule is C=C(C)C(=O)OC1CCOC1O. The molecule has 4 heteroatoms. The maximum atomic E-state index is 11.0. The predicted octanol–water partition coefficient (Wildman–Crippen LogP) is 0.213. The van der Waals surface area contributed by atoms with Gasteiger partial charge >= 0.3 is 5.97 Å². The van der Waals surface area contributed by atoms with Crippen LogP contribution in [0.25, 0.3) is 0 Å². The van der Waals surface area contributed by atoms with E-state index in [0.29, 0.717) is 18.6 Å². The molecule has 0 bridgehead atoms. The zero-order valence-corrected chi connectivity index (χ0v) is 6.95. The third-order valence-corrected chi connectivity index (χ3v) is 1.62. The molecule has 2 unspecified atom stereocenters. The summed E-state index contributed by atoms with van der Waals surface area (Å²) in [6, 6.07) is 0. The van der Waals surface area contributed by atoms with Gasteiger partial charge in [0.05, 0.1) is 6.61 Å². The average Bonchev–Trinajstić information content (AvgIpc) is 2.36. The Bertz CT molecular complexity index is 199. The molecule has 0 spiro atoms. The average molecular weight is 172 g/mol. The molecule has 1 rings (SSSR count). The van der Waals surface area contributed by atoms with Crippen LogP contribution in [0.4, 0.5) is 0 Å². The van der Waals surface area contributed by atoms with E-state index < -0.39 is 18.4 Å². The van der Waals surface area contributed by atoms with Gasteiger partial charge in [-0.25, -0.2) is 4.79 Å². The Morgan fingerprint density at radius 3 is 2.83 bits per heavy atom. The van der Waals surface area contributed by atoms with Gasteiger partial charge in [0.15, 0.2) is 12.4 Å². The Balaban J connectivity index is 2.40. The highest BCUT2D eigenvalue weighted by Crippen LogP contribution is 2.15. The maximum Gasteiger partial charge on any atom is 0.333 e. The smallest absolute Gasteiger partial charge is 0.333 e. The number of ether oxygens (including phenoxy) is 2. The molecule has 1 aliphatic heterocycles. The van der Waals surface area contributed by atoms with Crippen molar-refractivity contribution >= 4 is 5.97 Å². The molecule has 0 aromatic heterocycles. The summed E-state index contributed by atoms with van der Waals surface area (Å²) in [4.78, 5) is 11.0. The minimum Gasteiger partial charge on any atom is -0.454 e. The molecule has 2 atom stereocenters. The summed E-state index contributed by atoms with van der Waals surface area (Å²) in [5.74, 6) is -0.482. The van der Waals surface area contributed by atoms with Crippen molar-refractivity contribution in [2.24, 2.45) is 0 Å². The monoisotopic (exact) mass is 172 g/mol. The highest BCUT2D eigenvalue weighted by Gasteiger charge is 2.29. The van der Waals surface area contributed by atoms with Crippen LogP contribution in [0.1, 0.15) is 13.3 Å². The fraction of sp³-hybridized carbons (Fsp3) is 0.625. The van der Waals surface area contributed by atoms with Crippen LogP contribution in [-0.2, 0) is 14.3 Å². The van der Waals surface area contributed by atoms with Crippen molar-refractivity contribution in [3.63, 3.8) is 0 Å². The van der Waals surface area contributed by atoms with Gasteiger partial charge in [0.1, 0.15) is 0 Å². The molecule has 68 valence electrons. The second kappa shape index (κ2) is 3.69. The van der Waals surface area contributed by atoms with Gasteiger partial charge in [-0.15, -0.1) is 0 Å². The third kappa shape index (κ3) is 2.06. The molecule has 4 nitrogen and oxygen atoms in total. The number of carbonyl (C=O) groups is 1. The van der Waals surface area contributed by atoms with Crippen LogP contribution in [0, 0.1) is 0 Å². The predicted molar refractivity (Wildman–Crippen MR) is 41.3 cm³/mol. The molecule has 1 aliphatic rings. The Hall–Kier alpha value is -0.870. The van der Waals surface area contributed by atoms with E-state index in [1.807, 2.05) is 0 Å². The number of esters is 1. The summed E-state index contributed by atoms with van der Waals surface area (Å²) in [5, 5.41) is 9.09. The number of carbonyl (C=O) groups excluding carboxylic acids is 1. The van der Waals surface area contributed by atoms with Crippen LogP contribution >= 0.6 is 0 Å². The number of rotatable bonds is 2. The third-order valence-electron chi connectivity index (χ3n) is 1.62. The van der Waals surface area contributed by atoms with Crippen LogP contribution in [0.15, 0.2) is 12.2 Å². The molecular formula is C8H12O4. The molecule has 0 amide bonds. The molecular weight excluding hydrogens is 160 g/mol. The second-order valence-corrected chi connectivity index (χ2v) is 2.77. The lowest BCUT2D eigenvalue weighted by Crippen LogP contribution is -2.26. The van der Waals surface area contributed by atoms with Gasteiger partial charge in [-0.3, -0.25) is 0 Å². The van der Waals surface area contributed by atoms with Crippen molar-refractivity contribution in [2.75, 3.05) is 6.61 Å². The largest absolute Gasteiger partial charge is 0.454 e. The Labute approximate surface area is 70.8 Å². The minimum absolute atomic E-state index is 0.328. The Morgan fingerprint density at radius 1 is 1.75 bits per heavy atom. The Kier molecular flexibility index (Phi) is 2.83. The van der Waals surface area contributed by atoms with Crippen molar-refractivity contribution in [3.8, 4) is 0 Å². The van der Waals surface area contributed by atoms with E-state index in [9.17, 15) is 4.79 Å². The molecule has 1 N–H and O–H groups in total. The fourth-order valence-corrected chi connectivity index (χ4v) is 0.910. The minimum atomic E-state index is -0.978. The van der Waals surface area contributed by atoms with Gasteiger partial charge in [-0.1, -0.05) is 6.58 Å². The van der Waals surface area contributed by atoms with Gasteiger partial charge in [-0.2, -0.15) is 0 Å². The van der Waals surface area contributed by atoms with Crippen molar-refractivity contribution in [2.45, 2.75) is 25.7 Å². The van der Waals surface area contributed by atoms with Gasteiger partial charge in [-0.05, 0) is 6.92 Å². The first-order valence-corrected chi connectivity index (χ1v) is 3.77. The van der Waals surface area contributed by atoms with E-state index >= 15 is 0 Å². The first-order valence-electron chi connectivity index (χ1n) is 3.77. The van der Waals surface area contributed by atoms with Gasteiger partial charge < -0.3 is 14.6 Å². The normalized spacial score (nSPS) is 28.5. The Morgan fingerprint density at radius 2 is 2.42 bits per heavy atom. The highest BCUT2D eigenvalue weighted by molar-refractivity contribution is 5.87. The van der Waals surface area contributed by atoms with Crippen LogP contribution < -0.4 is 0 Å². The number of hydrogen-bond acceptors (Lipinski definition) is 4. The zero-order chi connectivity index (χ0) is 9.14. The van der Waals surface area contributed by atoms with Gasteiger partial charge in [0.2, 0.25) is 0 Å². The molecule has 0 radical (unpaired) electrons. The summed E-state index contributed by atoms with van der Waals surface area (Å²) in [5.41, 5.74) is 0.328. The van der Waals surface area contributed by atoms with Crippen LogP contribution in [0.2, 0.25) is 0 Å². The molecule has 0 saturated carbocycles. The molecule has 12 heavy (non-hydrogen) atoms. The molecule has 0 aliphatic carbocycles. The maximum absolute atomic E-state index is 11.0. The van der Waals surface area contributed by atoms with Gasteiger partial charge in [0.25, 0.3) is 0 Å². The van der Waals surface area contributed by atoms with Crippen molar-refractivity contribution in [1.29, 1.82) is 0 Å². The lowest BCUT2D eigenvalue weighted by Gasteiger charge is -2.13. The number of aliphatic hydroxyl groups excluding tert-OH is 1. The van der Waals surface area contributed by atoms with Crippen LogP contribution in [0.3, 0.4) is 0 Å². The summed E-state index contributed by atoms with van der Waals surface area (Å²) in [6.07, 6.45) is -0.970. The summed E-state index contributed by atoms with van der Waals surface area (Å²) >= 11 is 0. The van der Waals surface area contributed by atoms with E-state index in [2.05, 4.69) is 6.58 Å². The van der Waals surface area contributed by atoms with E-state index in [-0.39, 0.29) is 0 Å². The standard InChI is InChI=1S/C8H12O4/c1-5(2)7(9)12-6-3-4-11-8(6)10/h6,8,10H,1,3-4H2,2H3. The highest BCUT2D eigenvalue weighted by atomic mass is 16.7. The van der Waals surface area contributed by atoms with Crippen LogP contribution in [-0.4, -0.2) is 30.1 Å². The van der Waals surface area contributed by atoms with E-state index in [1.54, 1.807) is 6.92 Å². The molecule has 1 saturated heterocycles. The second-order valence-electron chi connectivity index (χ2n) is 2.77. The molecule has 1 heterocycles. The summed E-state index contributed by atoms with van der Waals surface area (Å²) < 4.78 is 9.67. The molecule has 0 aromatic carbocycles. The van der Waals surface area contributed by atoms with E-state index in [4.69, 9.17) is 14.6 Å². The van der Waals surface area contributed by atoms with Crippen molar-refractivity contribution < 1.29 is 19.4 Å². The summed E-state index contributed by atoms with van der Waals surface area (Å²) in [6.45, 7) is 5.41. The lowest BCUT2D eigenvalue weighted by atomic mass is 10.3. The summed E-state index contributed by atoms with van der Waals surface area (Å²) in [7, 11) is 0. The van der Waals surface area contributed by atoms with Crippen molar-refractivity contribution in [1.82, 2.24) is 0 Å². The van der Waals surface area contributed by atoms with Crippen LogP contribution in [0.5, 0.6) is 0 Å². The number of hydrogen-bond donors (Lipinski definition) is 1. The number of aliphatic hydroxyl groups is 1.